The number of amides is 2. The Bertz CT molecular complexity index is 898. The molecule has 2 aromatic rings. The monoisotopic (exact) mass is 418 g/mol. The number of H-pyrrole nitrogens is 1. The highest BCUT2D eigenvalue weighted by Crippen LogP contribution is 2.09. The number of aromatic nitrogens is 2. The van der Waals surface area contributed by atoms with Crippen LogP contribution in [0, 0.1) is 5.82 Å². The van der Waals surface area contributed by atoms with Crippen molar-refractivity contribution in [3.8, 4) is 0 Å². The normalized spacial score (nSPS) is 16.2. The summed E-state index contributed by atoms with van der Waals surface area (Å²) in [5.74, 6) is -0.728. The number of aromatic amines is 1. The van der Waals surface area contributed by atoms with Gasteiger partial charge >= 0.3 is 6.09 Å². The van der Waals surface area contributed by atoms with Crippen LogP contribution in [0.5, 0.6) is 0 Å². The van der Waals surface area contributed by atoms with Crippen molar-refractivity contribution < 1.29 is 23.5 Å². The lowest BCUT2D eigenvalue weighted by atomic mass is 10.1. The first-order valence-corrected chi connectivity index (χ1v) is 9.63. The second-order valence-corrected chi connectivity index (χ2v) is 6.80. The van der Waals surface area contributed by atoms with Crippen LogP contribution in [0.15, 0.2) is 41.2 Å². The Morgan fingerprint density at radius 3 is 2.80 bits per heavy atom. The Balaban J connectivity index is 1.37. The van der Waals surface area contributed by atoms with E-state index in [0.717, 1.165) is 5.56 Å². The molecule has 0 radical (unpaired) electrons. The van der Waals surface area contributed by atoms with Gasteiger partial charge in [-0.15, -0.1) is 0 Å². The largest absolute Gasteiger partial charge is 0.449 e. The number of nitrogens with zero attached hydrogens (tertiary/aromatic N) is 2. The zero-order valence-corrected chi connectivity index (χ0v) is 16.3. The first-order chi connectivity index (χ1) is 14.5. The summed E-state index contributed by atoms with van der Waals surface area (Å²) in [6.45, 7) is 1.47. The number of carbonyl (C=O) groups excluding carboxylic acids is 2. The predicted octanol–water partition coefficient (Wildman–Crippen LogP) is 1.11. The fourth-order valence-corrected chi connectivity index (χ4v) is 2.95. The minimum absolute atomic E-state index is 0.0860. The number of hydrogen-bond donors (Lipinski definition) is 2. The van der Waals surface area contributed by atoms with Crippen molar-refractivity contribution in [1.82, 2.24) is 20.4 Å². The minimum Gasteiger partial charge on any atom is -0.449 e. The molecule has 3 rings (SSSR count). The molecule has 0 bridgehead atoms. The maximum Gasteiger partial charge on any atom is 0.409 e. The summed E-state index contributed by atoms with van der Waals surface area (Å²) in [4.78, 5) is 36.8. The summed E-state index contributed by atoms with van der Waals surface area (Å²) < 4.78 is 23.8. The molecule has 1 aliphatic rings. The number of aryl methyl sites for hydroxylation is 1. The lowest BCUT2D eigenvalue weighted by molar-refractivity contribution is -0.0254. The molecule has 2 amide bonds. The van der Waals surface area contributed by atoms with Gasteiger partial charge in [-0.05, 0) is 36.6 Å². The van der Waals surface area contributed by atoms with E-state index >= 15 is 0 Å². The van der Waals surface area contributed by atoms with Gasteiger partial charge in [0.1, 0.15) is 11.5 Å². The molecule has 2 N–H and O–H groups in total. The first kappa shape index (κ1) is 21.4. The molecule has 160 valence electrons. The van der Waals surface area contributed by atoms with Crippen LogP contribution in [0.2, 0.25) is 0 Å². The van der Waals surface area contributed by atoms with E-state index in [1.807, 2.05) is 0 Å². The molecule has 30 heavy (non-hydrogen) atoms. The molecule has 9 nitrogen and oxygen atoms in total. The predicted molar refractivity (Wildman–Crippen MR) is 105 cm³/mol. The lowest BCUT2D eigenvalue weighted by Crippen LogP contribution is -2.49. The van der Waals surface area contributed by atoms with E-state index in [1.165, 1.54) is 29.2 Å². The van der Waals surface area contributed by atoms with Crippen molar-refractivity contribution >= 4 is 12.0 Å². The molecule has 1 aromatic heterocycles. The number of carbonyl (C=O) groups is 2. The van der Waals surface area contributed by atoms with E-state index in [9.17, 15) is 18.8 Å². The molecule has 0 unspecified atom stereocenters. The van der Waals surface area contributed by atoms with E-state index < -0.39 is 17.6 Å². The van der Waals surface area contributed by atoms with E-state index in [0.29, 0.717) is 26.0 Å². The second-order valence-electron chi connectivity index (χ2n) is 6.80. The fourth-order valence-electron chi connectivity index (χ4n) is 2.95. The van der Waals surface area contributed by atoms with Crippen molar-refractivity contribution in [2.24, 2.45) is 0 Å². The molecule has 2 heterocycles. The standard InChI is InChI=1S/C20H23FN4O5/c21-15-5-3-14(4-6-15)2-1-10-30-20(28)25-9-11-29-16(13-25)12-22-19(27)17-7-8-18(26)24-23-17/h3-8,16H,1-2,9-13H2,(H,22,27)(H,24,26)/t16-/m1/s1. The highest BCUT2D eigenvalue weighted by atomic mass is 19.1. The Morgan fingerprint density at radius 1 is 1.27 bits per heavy atom. The summed E-state index contributed by atoms with van der Waals surface area (Å²) in [6.07, 6.45) is 0.505. The van der Waals surface area contributed by atoms with Crippen molar-refractivity contribution in [3.05, 3.63) is 63.8 Å². The Morgan fingerprint density at radius 2 is 2.07 bits per heavy atom. The van der Waals surface area contributed by atoms with Crippen molar-refractivity contribution in [3.63, 3.8) is 0 Å². The molecule has 1 saturated heterocycles. The first-order valence-electron chi connectivity index (χ1n) is 9.63. The van der Waals surface area contributed by atoms with Crippen LogP contribution in [0.1, 0.15) is 22.5 Å². The number of nitrogens with one attached hydrogen (secondary N) is 2. The maximum atomic E-state index is 12.9. The Hall–Kier alpha value is -3.27. The molecule has 0 saturated carbocycles. The SMILES string of the molecule is O=C(NC[C@@H]1CN(C(=O)OCCCc2ccc(F)cc2)CCO1)c1ccc(=O)[nH]n1. The second kappa shape index (κ2) is 10.5. The molecule has 1 atom stereocenters. The van der Waals surface area contributed by atoms with Crippen LogP contribution in [-0.2, 0) is 15.9 Å². The number of ether oxygens (including phenoxy) is 2. The van der Waals surface area contributed by atoms with E-state index in [4.69, 9.17) is 9.47 Å². The quantitative estimate of drug-likeness (QED) is 0.651. The van der Waals surface area contributed by atoms with Gasteiger partial charge in [0.2, 0.25) is 0 Å². The van der Waals surface area contributed by atoms with Crippen LogP contribution in [0.4, 0.5) is 9.18 Å². The topological polar surface area (TPSA) is 114 Å². The van der Waals surface area contributed by atoms with Crippen LogP contribution >= 0.6 is 0 Å². The average Bonchev–Trinajstić information content (AvgIpc) is 2.77. The molecular formula is C20H23FN4O5. The van der Waals surface area contributed by atoms with E-state index in [-0.39, 0.29) is 37.3 Å². The van der Waals surface area contributed by atoms with Gasteiger partial charge in [-0.1, -0.05) is 12.1 Å². The average molecular weight is 418 g/mol. The highest BCUT2D eigenvalue weighted by Gasteiger charge is 2.25. The summed E-state index contributed by atoms with van der Waals surface area (Å²) >= 11 is 0. The molecule has 1 fully saturated rings. The van der Waals surface area contributed by atoms with Crippen LogP contribution in [0.3, 0.4) is 0 Å². The van der Waals surface area contributed by atoms with Gasteiger partial charge in [0.05, 0.1) is 25.9 Å². The van der Waals surface area contributed by atoms with Crippen LogP contribution in [-0.4, -0.2) is 66.0 Å². The Labute approximate surface area is 172 Å². The summed E-state index contributed by atoms with van der Waals surface area (Å²) in [7, 11) is 0. The number of benzene rings is 1. The van der Waals surface area contributed by atoms with Gasteiger partial charge < -0.3 is 19.7 Å². The number of halogens is 1. The third-order valence-corrected chi connectivity index (χ3v) is 4.55. The van der Waals surface area contributed by atoms with E-state index in [1.54, 1.807) is 12.1 Å². The van der Waals surface area contributed by atoms with Gasteiger partial charge in [-0.25, -0.2) is 14.3 Å². The fraction of sp³-hybridized carbons (Fsp3) is 0.400. The number of rotatable bonds is 7. The maximum absolute atomic E-state index is 12.9. The molecule has 0 aliphatic carbocycles. The van der Waals surface area contributed by atoms with E-state index in [2.05, 4.69) is 15.5 Å². The minimum atomic E-state index is -0.449. The summed E-state index contributed by atoms with van der Waals surface area (Å²) in [5, 5.41) is 8.52. The Kier molecular flexibility index (Phi) is 7.50. The lowest BCUT2D eigenvalue weighted by Gasteiger charge is -2.32. The number of hydrogen-bond acceptors (Lipinski definition) is 6. The molecule has 0 spiro atoms. The van der Waals surface area contributed by atoms with Crippen molar-refractivity contribution in [1.29, 1.82) is 0 Å². The zero-order chi connectivity index (χ0) is 21.3. The van der Waals surface area contributed by atoms with Gasteiger partial charge in [0.25, 0.3) is 11.5 Å². The van der Waals surface area contributed by atoms with Gasteiger partial charge in [0, 0.05) is 19.2 Å². The smallest absolute Gasteiger partial charge is 0.409 e. The van der Waals surface area contributed by atoms with Crippen molar-refractivity contribution in [2.45, 2.75) is 18.9 Å². The third kappa shape index (κ3) is 6.38. The van der Waals surface area contributed by atoms with Gasteiger partial charge in [-0.2, -0.15) is 5.10 Å². The number of morpholine rings is 1. The molecule has 1 aromatic carbocycles. The van der Waals surface area contributed by atoms with Crippen LogP contribution < -0.4 is 10.9 Å². The van der Waals surface area contributed by atoms with Gasteiger partial charge in [-0.3, -0.25) is 9.59 Å². The summed E-state index contributed by atoms with van der Waals surface area (Å²) in [5.41, 5.74) is 0.670. The zero-order valence-electron chi connectivity index (χ0n) is 16.3. The molecule has 1 aliphatic heterocycles. The molecular weight excluding hydrogens is 395 g/mol. The third-order valence-electron chi connectivity index (χ3n) is 4.55. The van der Waals surface area contributed by atoms with Gasteiger partial charge in [0.15, 0.2) is 0 Å². The van der Waals surface area contributed by atoms with Crippen molar-refractivity contribution in [2.75, 3.05) is 32.8 Å². The molecule has 10 heteroatoms. The van der Waals surface area contributed by atoms with Crippen LogP contribution in [0.25, 0.3) is 0 Å². The highest BCUT2D eigenvalue weighted by molar-refractivity contribution is 5.91. The summed E-state index contributed by atoms with van der Waals surface area (Å²) in [6, 6.07) is 8.77.